The van der Waals surface area contributed by atoms with Crippen molar-refractivity contribution in [1.82, 2.24) is 20.2 Å². The van der Waals surface area contributed by atoms with Crippen LogP contribution in [-0.4, -0.2) is 26.1 Å². The second kappa shape index (κ2) is 8.31. The minimum absolute atomic E-state index is 0.311. The number of nitrogens with one attached hydrogen (secondary N) is 2. The molecule has 7 nitrogen and oxygen atoms in total. The van der Waals surface area contributed by atoms with E-state index in [-0.39, 0.29) is 5.91 Å². The minimum Gasteiger partial charge on any atom is -0.439 e. The summed E-state index contributed by atoms with van der Waals surface area (Å²) in [7, 11) is 0. The summed E-state index contributed by atoms with van der Waals surface area (Å²) in [6.07, 6.45) is 5.06. The van der Waals surface area contributed by atoms with E-state index in [4.69, 9.17) is 4.74 Å². The molecule has 0 aliphatic heterocycles. The average Bonchev–Trinajstić information content (AvgIpc) is 3.26. The van der Waals surface area contributed by atoms with Gasteiger partial charge >= 0.3 is 0 Å². The topological polar surface area (TPSA) is 92.8 Å². The first-order valence-corrected chi connectivity index (χ1v) is 10.1. The molecule has 156 valence electrons. The third kappa shape index (κ3) is 4.04. The van der Waals surface area contributed by atoms with E-state index in [2.05, 4.69) is 25.5 Å². The van der Waals surface area contributed by atoms with Crippen LogP contribution >= 0.6 is 0 Å². The molecular formula is C25H19N5O2. The molecule has 0 bridgehead atoms. The molecule has 5 aromatic rings. The molecule has 3 heterocycles. The van der Waals surface area contributed by atoms with Crippen molar-refractivity contribution in [2.24, 2.45) is 0 Å². The number of ether oxygens (including phenoxy) is 1. The largest absolute Gasteiger partial charge is 0.439 e. The van der Waals surface area contributed by atoms with Gasteiger partial charge in [0, 0.05) is 29.4 Å². The van der Waals surface area contributed by atoms with Gasteiger partial charge in [0.1, 0.15) is 5.75 Å². The summed E-state index contributed by atoms with van der Waals surface area (Å²) >= 11 is 0. The van der Waals surface area contributed by atoms with Gasteiger partial charge in [0.2, 0.25) is 5.88 Å². The van der Waals surface area contributed by atoms with Gasteiger partial charge in [-0.15, -0.1) is 0 Å². The first kappa shape index (κ1) is 19.4. The van der Waals surface area contributed by atoms with Crippen molar-refractivity contribution in [3.05, 3.63) is 96.6 Å². The van der Waals surface area contributed by atoms with Gasteiger partial charge in [-0.25, -0.2) is 4.98 Å². The van der Waals surface area contributed by atoms with Crippen LogP contribution in [0, 0.1) is 6.92 Å². The summed E-state index contributed by atoms with van der Waals surface area (Å²) in [5.74, 6) is 0.819. The summed E-state index contributed by atoms with van der Waals surface area (Å²) in [4.78, 5) is 21.3. The molecule has 7 heteroatoms. The SMILES string of the molecule is Cc1ccc(Oc2ccc(NC(=O)c3n[nH]c4ccc(-c5cccnc5)cc34)cn2)cc1. The zero-order valence-electron chi connectivity index (χ0n) is 17.2. The van der Waals surface area contributed by atoms with Crippen molar-refractivity contribution < 1.29 is 9.53 Å². The molecule has 3 aromatic heterocycles. The van der Waals surface area contributed by atoms with Crippen LogP contribution in [0.1, 0.15) is 16.1 Å². The van der Waals surface area contributed by atoms with Gasteiger partial charge in [-0.05, 0) is 48.9 Å². The molecule has 0 spiro atoms. The van der Waals surface area contributed by atoms with E-state index in [1.807, 2.05) is 61.5 Å². The van der Waals surface area contributed by atoms with Crippen LogP contribution in [0.5, 0.6) is 11.6 Å². The molecule has 0 unspecified atom stereocenters. The fourth-order valence-corrected chi connectivity index (χ4v) is 3.33. The fraction of sp³-hybridized carbons (Fsp3) is 0.0400. The molecule has 2 N–H and O–H groups in total. The summed E-state index contributed by atoms with van der Waals surface area (Å²) in [6.45, 7) is 2.02. The lowest BCUT2D eigenvalue weighted by atomic mass is 10.0. The minimum atomic E-state index is -0.325. The third-order valence-electron chi connectivity index (χ3n) is 5.01. The molecule has 0 aliphatic rings. The fourth-order valence-electron chi connectivity index (χ4n) is 3.33. The molecule has 2 aromatic carbocycles. The normalized spacial score (nSPS) is 10.8. The molecule has 0 fully saturated rings. The number of aromatic amines is 1. The summed E-state index contributed by atoms with van der Waals surface area (Å²) in [6, 6.07) is 20.8. The summed E-state index contributed by atoms with van der Waals surface area (Å²) in [5, 5.41) is 10.7. The van der Waals surface area contributed by atoms with Gasteiger partial charge in [0.15, 0.2) is 5.69 Å². The highest BCUT2D eigenvalue weighted by molar-refractivity contribution is 6.11. The number of rotatable bonds is 5. The maximum absolute atomic E-state index is 12.9. The van der Waals surface area contributed by atoms with E-state index in [1.165, 1.54) is 0 Å². The predicted molar refractivity (Wildman–Crippen MR) is 123 cm³/mol. The van der Waals surface area contributed by atoms with Crippen molar-refractivity contribution in [3.63, 3.8) is 0 Å². The van der Waals surface area contributed by atoms with Crippen LogP contribution < -0.4 is 10.1 Å². The summed E-state index contributed by atoms with van der Waals surface area (Å²) in [5.41, 5.74) is 4.72. The Morgan fingerprint density at radius 3 is 2.59 bits per heavy atom. The first-order chi connectivity index (χ1) is 15.7. The quantitative estimate of drug-likeness (QED) is 0.398. The van der Waals surface area contributed by atoms with Crippen molar-refractivity contribution in [1.29, 1.82) is 0 Å². The van der Waals surface area contributed by atoms with Crippen molar-refractivity contribution in [2.75, 3.05) is 5.32 Å². The lowest BCUT2D eigenvalue weighted by Crippen LogP contribution is -2.13. The number of aromatic nitrogens is 4. The van der Waals surface area contributed by atoms with E-state index in [0.717, 1.165) is 27.6 Å². The first-order valence-electron chi connectivity index (χ1n) is 10.1. The van der Waals surface area contributed by atoms with E-state index >= 15 is 0 Å². The van der Waals surface area contributed by atoms with Gasteiger partial charge in [-0.2, -0.15) is 5.10 Å². The molecule has 0 radical (unpaired) electrons. The van der Waals surface area contributed by atoms with Gasteiger partial charge < -0.3 is 10.1 Å². The van der Waals surface area contributed by atoms with Crippen LogP contribution in [0.3, 0.4) is 0 Å². The smallest absolute Gasteiger partial charge is 0.276 e. The summed E-state index contributed by atoms with van der Waals surface area (Å²) < 4.78 is 5.73. The highest BCUT2D eigenvalue weighted by Gasteiger charge is 2.15. The molecule has 1 amide bonds. The third-order valence-corrected chi connectivity index (χ3v) is 5.01. The van der Waals surface area contributed by atoms with Crippen LogP contribution in [0.2, 0.25) is 0 Å². The van der Waals surface area contributed by atoms with E-state index in [0.29, 0.717) is 23.0 Å². The number of amides is 1. The molecule has 5 rings (SSSR count). The van der Waals surface area contributed by atoms with Gasteiger partial charge in [-0.3, -0.25) is 14.9 Å². The number of fused-ring (bicyclic) bond motifs is 1. The van der Waals surface area contributed by atoms with Crippen molar-refractivity contribution in [2.45, 2.75) is 6.92 Å². The Balaban J connectivity index is 1.34. The Bertz CT molecular complexity index is 1380. The van der Waals surface area contributed by atoms with E-state index in [1.54, 1.807) is 30.7 Å². The maximum Gasteiger partial charge on any atom is 0.276 e. The molecule has 0 saturated carbocycles. The Morgan fingerprint density at radius 1 is 0.969 bits per heavy atom. The van der Waals surface area contributed by atoms with Gasteiger partial charge in [0.25, 0.3) is 5.91 Å². The number of H-pyrrole nitrogens is 1. The molecule has 0 atom stereocenters. The van der Waals surface area contributed by atoms with Crippen molar-refractivity contribution in [3.8, 4) is 22.8 Å². The number of benzene rings is 2. The number of carbonyl (C=O) groups excluding carboxylic acids is 1. The van der Waals surface area contributed by atoms with E-state index in [9.17, 15) is 4.79 Å². The predicted octanol–water partition coefficient (Wildman–Crippen LogP) is 5.37. The highest BCUT2D eigenvalue weighted by Crippen LogP contribution is 2.26. The monoisotopic (exact) mass is 421 g/mol. The van der Waals surface area contributed by atoms with Gasteiger partial charge in [-0.1, -0.05) is 29.8 Å². The number of anilines is 1. The lowest BCUT2D eigenvalue weighted by Gasteiger charge is -2.07. The number of nitrogens with zero attached hydrogens (tertiary/aromatic N) is 3. The van der Waals surface area contributed by atoms with Gasteiger partial charge in [0.05, 0.1) is 17.4 Å². The van der Waals surface area contributed by atoms with Crippen LogP contribution in [-0.2, 0) is 0 Å². The molecular weight excluding hydrogens is 402 g/mol. The number of hydrogen-bond acceptors (Lipinski definition) is 5. The second-order valence-corrected chi connectivity index (χ2v) is 7.33. The zero-order valence-corrected chi connectivity index (χ0v) is 17.2. The van der Waals surface area contributed by atoms with Crippen molar-refractivity contribution >= 4 is 22.5 Å². The number of pyridine rings is 2. The number of carbonyl (C=O) groups is 1. The van der Waals surface area contributed by atoms with Crippen LogP contribution in [0.4, 0.5) is 5.69 Å². The van der Waals surface area contributed by atoms with Crippen LogP contribution in [0.15, 0.2) is 85.3 Å². The highest BCUT2D eigenvalue weighted by atomic mass is 16.5. The standard InChI is InChI=1S/C25H19N5O2/c1-16-4-8-20(9-5-16)32-23-11-7-19(15-27-23)28-25(31)24-21-13-17(6-10-22(21)29-30-24)18-3-2-12-26-14-18/h2-15H,1H3,(H,28,31)(H,29,30). The maximum atomic E-state index is 12.9. The van der Waals surface area contributed by atoms with E-state index < -0.39 is 0 Å². The average molecular weight is 421 g/mol. The second-order valence-electron chi connectivity index (χ2n) is 7.33. The molecule has 0 saturated heterocycles. The number of hydrogen-bond donors (Lipinski definition) is 2. The Morgan fingerprint density at radius 2 is 1.84 bits per heavy atom. The Labute approximate surface area is 184 Å². The Kier molecular flexibility index (Phi) is 5.05. The molecule has 32 heavy (non-hydrogen) atoms. The Hall–Kier alpha value is -4.52. The number of aryl methyl sites for hydroxylation is 1. The zero-order chi connectivity index (χ0) is 21.9. The van der Waals surface area contributed by atoms with Crippen LogP contribution in [0.25, 0.3) is 22.0 Å². The molecule has 0 aliphatic carbocycles. The lowest BCUT2D eigenvalue weighted by molar-refractivity contribution is 0.102.